The number of carboxylic acid groups (broad SMARTS) is 1. The average Bonchev–Trinajstić information content (AvgIpc) is 2.47. The zero-order valence-electron chi connectivity index (χ0n) is 11.7. The number of carbonyl (C=O) groups is 1. The minimum absolute atomic E-state index is 0.0541. The molecule has 0 amide bonds. The molecule has 2 aromatic carbocycles. The Morgan fingerprint density at radius 2 is 1.81 bits per heavy atom. The van der Waals surface area contributed by atoms with Gasteiger partial charge in [-0.2, -0.15) is 0 Å². The van der Waals surface area contributed by atoms with E-state index in [0.717, 1.165) is 11.1 Å². The number of anilines is 1. The summed E-state index contributed by atoms with van der Waals surface area (Å²) in [6.45, 7) is 1.92. The van der Waals surface area contributed by atoms with Crippen LogP contribution in [0.1, 0.15) is 17.3 Å². The second kappa shape index (κ2) is 6.13. The lowest BCUT2D eigenvalue weighted by molar-refractivity contribution is 0.0699. The fourth-order valence-corrected chi connectivity index (χ4v) is 2.83. The van der Waals surface area contributed by atoms with Gasteiger partial charge >= 0.3 is 5.97 Å². The predicted octanol–water partition coefficient (Wildman–Crippen LogP) is 2.38. The van der Waals surface area contributed by atoms with Gasteiger partial charge in [0.25, 0.3) is 0 Å². The number of rotatable bonds is 6. The summed E-state index contributed by atoms with van der Waals surface area (Å²) in [5.41, 5.74) is 0.972. The minimum atomic E-state index is -3.02. The molecule has 0 aliphatic heterocycles. The van der Waals surface area contributed by atoms with Gasteiger partial charge in [-0.05, 0) is 17.5 Å². The molecule has 0 aliphatic carbocycles. The zero-order valence-corrected chi connectivity index (χ0v) is 12.5. The highest BCUT2D eigenvalue weighted by Crippen LogP contribution is 2.26. The number of benzene rings is 2. The molecule has 0 radical (unpaired) electrons. The summed E-state index contributed by atoms with van der Waals surface area (Å²) in [7, 11) is -3.02. The molecule has 0 atom stereocenters. The molecule has 2 N–H and O–H groups in total. The molecule has 0 aliphatic rings. The third-order valence-electron chi connectivity index (χ3n) is 3.32. The maximum absolute atomic E-state index is 11.5. The number of aromatic carboxylic acids is 1. The van der Waals surface area contributed by atoms with Crippen LogP contribution in [0.2, 0.25) is 0 Å². The highest BCUT2D eigenvalue weighted by atomic mass is 32.2. The van der Waals surface area contributed by atoms with Crippen LogP contribution in [0.3, 0.4) is 0 Å². The quantitative estimate of drug-likeness (QED) is 0.856. The van der Waals surface area contributed by atoms with Crippen LogP contribution in [0.4, 0.5) is 5.69 Å². The van der Waals surface area contributed by atoms with Gasteiger partial charge < -0.3 is 10.4 Å². The van der Waals surface area contributed by atoms with E-state index in [1.54, 1.807) is 25.1 Å². The Balaban J connectivity index is 2.30. The summed E-state index contributed by atoms with van der Waals surface area (Å²) in [5, 5.41) is 13.7. The minimum Gasteiger partial charge on any atom is -0.478 e. The van der Waals surface area contributed by atoms with Crippen molar-refractivity contribution in [2.45, 2.75) is 6.92 Å². The maximum atomic E-state index is 11.5. The molecule has 0 bridgehead atoms. The van der Waals surface area contributed by atoms with E-state index in [0.29, 0.717) is 11.9 Å². The van der Waals surface area contributed by atoms with Crippen molar-refractivity contribution >= 4 is 32.3 Å². The lowest BCUT2D eigenvalue weighted by Gasteiger charge is -2.11. The van der Waals surface area contributed by atoms with Gasteiger partial charge in [0, 0.05) is 23.4 Å². The second-order valence-corrected chi connectivity index (χ2v) is 7.15. The molecular weight excluding hydrogens is 290 g/mol. The van der Waals surface area contributed by atoms with Crippen LogP contribution in [0.25, 0.3) is 10.8 Å². The summed E-state index contributed by atoms with van der Waals surface area (Å²) in [4.78, 5) is 11.2. The molecule has 112 valence electrons. The highest BCUT2D eigenvalue weighted by Gasteiger charge is 2.11. The fourth-order valence-electron chi connectivity index (χ4n) is 2.13. The number of hydrogen-bond acceptors (Lipinski definition) is 4. The molecule has 0 unspecified atom stereocenters. The first-order valence-corrected chi connectivity index (χ1v) is 8.46. The van der Waals surface area contributed by atoms with Crippen molar-refractivity contribution < 1.29 is 18.3 Å². The van der Waals surface area contributed by atoms with Crippen molar-refractivity contribution in [3.8, 4) is 0 Å². The molecule has 2 aromatic rings. The molecule has 5 nitrogen and oxygen atoms in total. The largest absolute Gasteiger partial charge is 0.478 e. The van der Waals surface area contributed by atoms with E-state index in [-0.39, 0.29) is 17.1 Å². The Morgan fingerprint density at radius 3 is 2.43 bits per heavy atom. The Bertz CT molecular complexity index is 768. The third kappa shape index (κ3) is 3.52. The van der Waals surface area contributed by atoms with Crippen molar-refractivity contribution in [1.29, 1.82) is 0 Å². The van der Waals surface area contributed by atoms with E-state index in [1.165, 1.54) is 6.07 Å². The summed E-state index contributed by atoms with van der Waals surface area (Å²) in [6, 6.07) is 10.4. The second-order valence-electron chi connectivity index (χ2n) is 4.67. The van der Waals surface area contributed by atoms with Crippen molar-refractivity contribution in [1.82, 2.24) is 0 Å². The van der Waals surface area contributed by atoms with Gasteiger partial charge in [0.15, 0.2) is 9.84 Å². The Morgan fingerprint density at radius 1 is 1.14 bits per heavy atom. The van der Waals surface area contributed by atoms with Crippen molar-refractivity contribution in [2.75, 3.05) is 23.4 Å². The predicted molar refractivity (Wildman–Crippen MR) is 83.7 cm³/mol. The van der Waals surface area contributed by atoms with Gasteiger partial charge in [-0.15, -0.1) is 0 Å². The van der Waals surface area contributed by atoms with Crippen molar-refractivity contribution in [3.63, 3.8) is 0 Å². The molecule has 2 rings (SSSR count). The molecule has 0 saturated heterocycles. The molecular formula is C15H17NO4S. The highest BCUT2D eigenvalue weighted by molar-refractivity contribution is 7.91. The van der Waals surface area contributed by atoms with Gasteiger partial charge in [-0.25, -0.2) is 13.2 Å². The van der Waals surface area contributed by atoms with Gasteiger partial charge in [0.05, 0.1) is 11.3 Å². The van der Waals surface area contributed by atoms with Gasteiger partial charge in [0.2, 0.25) is 0 Å². The first-order chi connectivity index (χ1) is 9.94. The molecule has 6 heteroatoms. The molecule has 0 spiro atoms. The zero-order chi connectivity index (χ0) is 15.5. The summed E-state index contributed by atoms with van der Waals surface area (Å²) in [5.74, 6) is -0.808. The smallest absolute Gasteiger partial charge is 0.336 e. The Labute approximate surface area is 123 Å². The van der Waals surface area contributed by atoms with Crippen molar-refractivity contribution in [3.05, 3.63) is 42.0 Å². The fraction of sp³-hybridized carbons (Fsp3) is 0.267. The summed E-state index contributed by atoms with van der Waals surface area (Å²) < 4.78 is 23.0. The topological polar surface area (TPSA) is 83.5 Å². The monoisotopic (exact) mass is 307 g/mol. The number of hydrogen-bond donors (Lipinski definition) is 2. The molecule has 0 fully saturated rings. The SMILES string of the molecule is CCS(=O)(=O)CCNc1ccc(C(=O)O)c2ccccc12. The Hall–Kier alpha value is -2.08. The third-order valence-corrected chi connectivity index (χ3v) is 5.03. The number of carboxylic acids is 1. The first kappa shape index (κ1) is 15.3. The Kier molecular flexibility index (Phi) is 4.47. The number of fused-ring (bicyclic) bond motifs is 1. The van der Waals surface area contributed by atoms with Crippen LogP contribution in [-0.4, -0.2) is 37.5 Å². The summed E-state index contributed by atoms with van der Waals surface area (Å²) >= 11 is 0. The van der Waals surface area contributed by atoms with Crippen LogP contribution < -0.4 is 5.32 Å². The summed E-state index contributed by atoms with van der Waals surface area (Å²) in [6.07, 6.45) is 0. The molecule has 21 heavy (non-hydrogen) atoms. The van der Waals surface area contributed by atoms with E-state index in [4.69, 9.17) is 0 Å². The first-order valence-electron chi connectivity index (χ1n) is 6.64. The van der Waals surface area contributed by atoms with E-state index in [2.05, 4.69) is 5.32 Å². The standard InChI is InChI=1S/C15H17NO4S/c1-2-21(19,20)10-9-16-14-8-7-13(15(17)18)11-5-3-4-6-12(11)14/h3-8,16H,2,9-10H2,1H3,(H,17,18). The van der Waals surface area contributed by atoms with E-state index in [9.17, 15) is 18.3 Å². The van der Waals surface area contributed by atoms with Crippen LogP contribution in [0.5, 0.6) is 0 Å². The maximum Gasteiger partial charge on any atom is 0.336 e. The molecule has 0 saturated carbocycles. The molecule has 0 aromatic heterocycles. The van der Waals surface area contributed by atoms with Crippen LogP contribution in [-0.2, 0) is 9.84 Å². The van der Waals surface area contributed by atoms with Gasteiger partial charge in [0.1, 0.15) is 0 Å². The number of nitrogens with one attached hydrogen (secondary N) is 1. The van der Waals surface area contributed by atoms with E-state index in [1.807, 2.05) is 12.1 Å². The lowest BCUT2D eigenvalue weighted by Crippen LogP contribution is -2.17. The van der Waals surface area contributed by atoms with Crippen LogP contribution in [0, 0.1) is 0 Å². The van der Waals surface area contributed by atoms with Crippen molar-refractivity contribution in [2.24, 2.45) is 0 Å². The van der Waals surface area contributed by atoms with E-state index < -0.39 is 15.8 Å². The average molecular weight is 307 g/mol. The van der Waals surface area contributed by atoms with Crippen LogP contribution in [0.15, 0.2) is 36.4 Å². The van der Waals surface area contributed by atoms with Gasteiger partial charge in [-0.3, -0.25) is 0 Å². The van der Waals surface area contributed by atoms with E-state index >= 15 is 0 Å². The normalized spacial score (nSPS) is 11.5. The number of sulfone groups is 1. The van der Waals surface area contributed by atoms with Gasteiger partial charge in [-0.1, -0.05) is 31.2 Å². The lowest BCUT2D eigenvalue weighted by atomic mass is 10.0. The molecule has 0 heterocycles. The van der Waals surface area contributed by atoms with Crippen LogP contribution >= 0.6 is 0 Å².